The van der Waals surface area contributed by atoms with E-state index in [1.807, 2.05) is 6.08 Å². The number of hydrogen-bond donors (Lipinski definition) is 2. The molecule has 0 heterocycles. The van der Waals surface area contributed by atoms with Gasteiger partial charge in [0.15, 0.2) is 0 Å². The highest BCUT2D eigenvalue weighted by atomic mass is 16.4. The minimum Gasteiger partial charge on any atom is -0.481 e. The Bertz CT molecular complexity index is 232. The molecule has 0 saturated carbocycles. The first-order valence-corrected chi connectivity index (χ1v) is 4.65. The van der Waals surface area contributed by atoms with Gasteiger partial charge in [-0.3, -0.25) is 4.79 Å². The molecule has 0 amide bonds. The van der Waals surface area contributed by atoms with E-state index in [0.717, 1.165) is 31.3 Å². The number of aliphatic hydroxyl groups excluding tert-OH is 1. The topological polar surface area (TPSA) is 57.5 Å². The maximum absolute atomic E-state index is 11.0. The van der Waals surface area contributed by atoms with Gasteiger partial charge in [-0.05, 0) is 32.6 Å². The molecule has 13 heavy (non-hydrogen) atoms. The fourth-order valence-electron chi connectivity index (χ4n) is 1.65. The van der Waals surface area contributed by atoms with Gasteiger partial charge in [0.1, 0.15) is 5.41 Å². The molecule has 0 radical (unpaired) electrons. The largest absolute Gasteiger partial charge is 0.481 e. The van der Waals surface area contributed by atoms with E-state index in [2.05, 4.69) is 0 Å². The molecule has 0 aliphatic heterocycles. The van der Waals surface area contributed by atoms with Crippen LogP contribution in [0.3, 0.4) is 0 Å². The summed E-state index contributed by atoms with van der Waals surface area (Å²) in [5.74, 6) is -0.928. The Morgan fingerprint density at radius 2 is 2.31 bits per heavy atom. The number of aliphatic carboxylic acids is 1. The lowest BCUT2D eigenvalue weighted by atomic mass is 9.77. The fraction of sp³-hybridized carbons (Fsp3) is 0.700. The zero-order valence-electron chi connectivity index (χ0n) is 7.92. The van der Waals surface area contributed by atoms with Crippen LogP contribution in [0.5, 0.6) is 0 Å². The smallest absolute Gasteiger partial charge is 0.315 e. The van der Waals surface area contributed by atoms with Crippen molar-refractivity contribution in [2.75, 3.05) is 6.61 Å². The SMILES string of the molecule is C[C@@](CO)(C(=O)O)C1=CCCCC1. The molecule has 0 bridgehead atoms. The number of rotatable bonds is 3. The van der Waals surface area contributed by atoms with E-state index in [0.29, 0.717) is 0 Å². The van der Waals surface area contributed by atoms with E-state index < -0.39 is 11.4 Å². The summed E-state index contributed by atoms with van der Waals surface area (Å²) in [4.78, 5) is 11.0. The quantitative estimate of drug-likeness (QED) is 0.654. The molecule has 0 aromatic rings. The second kappa shape index (κ2) is 3.92. The van der Waals surface area contributed by atoms with E-state index in [9.17, 15) is 4.79 Å². The summed E-state index contributed by atoms with van der Waals surface area (Å²) in [6.45, 7) is 1.28. The third-order valence-corrected chi connectivity index (χ3v) is 2.79. The monoisotopic (exact) mass is 184 g/mol. The predicted octanol–water partition coefficient (Wildman–Crippen LogP) is 1.57. The molecule has 2 N–H and O–H groups in total. The summed E-state index contributed by atoms with van der Waals surface area (Å²) in [5, 5.41) is 18.1. The van der Waals surface area contributed by atoms with Gasteiger partial charge in [-0.1, -0.05) is 11.6 Å². The molecular formula is C10H16O3. The van der Waals surface area contributed by atoms with Gasteiger partial charge < -0.3 is 10.2 Å². The van der Waals surface area contributed by atoms with Gasteiger partial charge in [-0.2, -0.15) is 0 Å². The molecule has 0 fully saturated rings. The highest BCUT2D eigenvalue weighted by molar-refractivity contribution is 5.78. The van der Waals surface area contributed by atoms with Crippen molar-refractivity contribution in [3.05, 3.63) is 11.6 Å². The highest BCUT2D eigenvalue weighted by Crippen LogP contribution is 2.33. The van der Waals surface area contributed by atoms with Crippen molar-refractivity contribution in [3.63, 3.8) is 0 Å². The number of hydrogen-bond acceptors (Lipinski definition) is 2. The number of carboxylic acids is 1. The normalized spacial score (nSPS) is 21.8. The molecule has 3 nitrogen and oxygen atoms in total. The number of carbonyl (C=O) groups is 1. The fourth-order valence-corrected chi connectivity index (χ4v) is 1.65. The molecule has 3 heteroatoms. The molecule has 1 aliphatic carbocycles. The average molecular weight is 184 g/mol. The van der Waals surface area contributed by atoms with E-state index in [1.165, 1.54) is 0 Å². The van der Waals surface area contributed by atoms with Crippen molar-refractivity contribution in [2.45, 2.75) is 32.6 Å². The minimum atomic E-state index is -1.06. The van der Waals surface area contributed by atoms with Crippen LogP contribution in [0, 0.1) is 5.41 Å². The van der Waals surface area contributed by atoms with Gasteiger partial charge in [0.2, 0.25) is 0 Å². The Labute approximate surface area is 78.1 Å². The van der Waals surface area contributed by atoms with Crippen molar-refractivity contribution < 1.29 is 15.0 Å². The molecular weight excluding hydrogens is 168 g/mol. The third-order valence-electron chi connectivity index (χ3n) is 2.79. The minimum absolute atomic E-state index is 0.311. The molecule has 0 unspecified atom stereocenters. The van der Waals surface area contributed by atoms with E-state index in [1.54, 1.807) is 6.92 Å². The molecule has 1 aliphatic rings. The molecule has 74 valence electrons. The molecule has 0 aromatic carbocycles. The molecule has 0 aromatic heterocycles. The molecule has 0 spiro atoms. The zero-order valence-corrected chi connectivity index (χ0v) is 7.92. The Morgan fingerprint density at radius 3 is 2.69 bits per heavy atom. The maximum Gasteiger partial charge on any atom is 0.315 e. The average Bonchev–Trinajstić information content (AvgIpc) is 2.17. The van der Waals surface area contributed by atoms with Crippen LogP contribution < -0.4 is 0 Å². The second-order valence-electron chi connectivity index (χ2n) is 3.77. The third kappa shape index (κ3) is 1.91. The first kappa shape index (κ1) is 10.3. The van der Waals surface area contributed by atoms with E-state index >= 15 is 0 Å². The van der Waals surface area contributed by atoms with Gasteiger partial charge in [0.25, 0.3) is 0 Å². The zero-order chi connectivity index (χ0) is 9.90. The van der Waals surface area contributed by atoms with Crippen LogP contribution >= 0.6 is 0 Å². The number of allylic oxidation sites excluding steroid dienone is 1. The van der Waals surface area contributed by atoms with E-state index in [-0.39, 0.29) is 6.61 Å². The predicted molar refractivity (Wildman–Crippen MR) is 49.4 cm³/mol. The van der Waals surface area contributed by atoms with Crippen molar-refractivity contribution in [1.29, 1.82) is 0 Å². The number of carboxylic acid groups (broad SMARTS) is 1. The van der Waals surface area contributed by atoms with Crippen molar-refractivity contribution in [1.82, 2.24) is 0 Å². The van der Waals surface area contributed by atoms with Crippen LogP contribution in [0.2, 0.25) is 0 Å². The summed E-state index contributed by atoms with van der Waals surface area (Å²) in [6, 6.07) is 0. The van der Waals surface area contributed by atoms with Crippen molar-refractivity contribution in [3.8, 4) is 0 Å². The van der Waals surface area contributed by atoms with Gasteiger partial charge >= 0.3 is 5.97 Å². The van der Waals surface area contributed by atoms with Crippen molar-refractivity contribution in [2.24, 2.45) is 5.41 Å². The first-order chi connectivity index (χ1) is 6.11. The Balaban J connectivity index is 2.87. The van der Waals surface area contributed by atoms with Crippen LogP contribution in [0.4, 0.5) is 0 Å². The van der Waals surface area contributed by atoms with Gasteiger partial charge in [0, 0.05) is 0 Å². The molecule has 1 rings (SSSR count). The standard InChI is InChI=1S/C10H16O3/c1-10(7-11,9(12)13)8-5-3-2-4-6-8/h5,11H,2-4,6-7H2,1H3,(H,12,13)/t10-/m0/s1. The van der Waals surface area contributed by atoms with Crippen LogP contribution in [0.15, 0.2) is 11.6 Å². The van der Waals surface area contributed by atoms with Crippen LogP contribution in [-0.4, -0.2) is 22.8 Å². The highest BCUT2D eigenvalue weighted by Gasteiger charge is 2.36. The first-order valence-electron chi connectivity index (χ1n) is 4.65. The second-order valence-corrected chi connectivity index (χ2v) is 3.77. The lowest BCUT2D eigenvalue weighted by Crippen LogP contribution is -2.34. The Kier molecular flexibility index (Phi) is 3.09. The lowest BCUT2D eigenvalue weighted by molar-refractivity contribution is -0.147. The van der Waals surface area contributed by atoms with Gasteiger partial charge in [-0.25, -0.2) is 0 Å². The Morgan fingerprint density at radius 1 is 1.62 bits per heavy atom. The summed E-state index contributed by atoms with van der Waals surface area (Å²) >= 11 is 0. The maximum atomic E-state index is 11.0. The van der Waals surface area contributed by atoms with Crippen molar-refractivity contribution >= 4 is 5.97 Å². The van der Waals surface area contributed by atoms with Gasteiger partial charge in [0.05, 0.1) is 6.61 Å². The molecule has 1 atom stereocenters. The van der Waals surface area contributed by atoms with Crippen LogP contribution in [0.25, 0.3) is 0 Å². The summed E-state index contributed by atoms with van der Waals surface area (Å²) in [7, 11) is 0. The number of aliphatic hydroxyl groups is 1. The Hall–Kier alpha value is -0.830. The summed E-state index contributed by atoms with van der Waals surface area (Å²) in [6.07, 6.45) is 5.88. The summed E-state index contributed by atoms with van der Waals surface area (Å²) in [5.41, 5.74) is -0.172. The van der Waals surface area contributed by atoms with Crippen LogP contribution in [0.1, 0.15) is 32.6 Å². The van der Waals surface area contributed by atoms with E-state index in [4.69, 9.17) is 10.2 Å². The lowest BCUT2D eigenvalue weighted by Gasteiger charge is -2.28. The van der Waals surface area contributed by atoms with Crippen LogP contribution in [-0.2, 0) is 4.79 Å². The summed E-state index contributed by atoms with van der Waals surface area (Å²) < 4.78 is 0. The van der Waals surface area contributed by atoms with Gasteiger partial charge in [-0.15, -0.1) is 0 Å². The molecule has 0 saturated heterocycles.